The molecule has 0 spiro atoms. The van der Waals surface area contributed by atoms with Crippen LogP contribution in [0, 0.1) is 0 Å². The molecule has 0 aliphatic heterocycles. The van der Waals surface area contributed by atoms with Crippen molar-refractivity contribution in [1.82, 2.24) is 0 Å². The third kappa shape index (κ3) is 9.68. The predicted octanol–water partition coefficient (Wildman–Crippen LogP) is -1.50. The zero-order valence-corrected chi connectivity index (χ0v) is 4.17. The fourth-order valence-corrected chi connectivity index (χ4v) is 0. The molecule has 0 fully saturated rings. The van der Waals surface area contributed by atoms with Gasteiger partial charge in [-0.25, -0.2) is 9.59 Å². The first-order chi connectivity index (χ1) is 2.64. The first-order valence-electron chi connectivity index (χ1n) is 1.11. The summed E-state index contributed by atoms with van der Waals surface area (Å²) in [6.45, 7) is 0. The van der Waals surface area contributed by atoms with Crippen LogP contribution in [-0.2, 0) is 26.7 Å². The summed E-state index contributed by atoms with van der Waals surface area (Å²) in [4.78, 5) is 18.2. The van der Waals surface area contributed by atoms with Crippen molar-refractivity contribution in [3.8, 4) is 0 Å². The third-order valence-electron chi connectivity index (χ3n) is 0.183. The average molecular weight is 170 g/mol. The molecule has 0 aromatic carbocycles. The molecule has 8 heavy (non-hydrogen) atoms. The molecule has 0 amide bonds. The van der Waals surface area contributed by atoms with Gasteiger partial charge >= 0.3 is 41.5 Å². The van der Waals surface area contributed by atoms with Crippen LogP contribution in [-0.4, -0.2) is 51.7 Å². The summed E-state index contributed by atoms with van der Waals surface area (Å²) in [6.07, 6.45) is 0. The maximum absolute atomic E-state index is 9.10. The monoisotopic (exact) mass is 170 g/mol. The van der Waals surface area contributed by atoms with Gasteiger partial charge in [0.05, 0.1) is 0 Å². The fraction of sp³-hybridized carbons (Fsp3) is 0. The molecule has 0 aliphatic rings. The van der Waals surface area contributed by atoms with E-state index in [1.807, 2.05) is 0 Å². The van der Waals surface area contributed by atoms with Gasteiger partial charge in [0.25, 0.3) is 0 Å². The Labute approximate surface area is 78.0 Å². The summed E-state index contributed by atoms with van der Waals surface area (Å²) >= 11 is 0. The van der Waals surface area contributed by atoms with E-state index in [2.05, 4.69) is 0 Å². The Hall–Kier alpha value is 0.459. The van der Waals surface area contributed by atoms with E-state index in [1.54, 1.807) is 0 Å². The van der Waals surface area contributed by atoms with Crippen molar-refractivity contribution in [3.05, 3.63) is 0 Å². The molecule has 6 heteroatoms. The molecular formula is C2H3FeNaO4. The predicted molar refractivity (Wildman–Crippen MR) is 22.4 cm³/mol. The summed E-state index contributed by atoms with van der Waals surface area (Å²) in [5.74, 6) is -3.65. The van der Waals surface area contributed by atoms with E-state index in [9.17, 15) is 0 Å². The van der Waals surface area contributed by atoms with Crippen LogP contribution in [0.1, 0.15) is 0 Å². The second-order valence-electron chi connectivity index (χ2n) is 0.610. The molecule has 0 atom stereocenters. The Kier molecular flexibility index (Phi) is 14.7. The van der Waals surface area contributed by atoms with Gasteiger partial charge in [-0.2, -0.15) is 0 Å². The molecule has 0 rings (SSSR count). The number of hydrogen-bond donors (Lipinski definition) is 2. The van der Waals surface area contributed by atoms with Crippen molar-refractivity contribution in [3.63, 3.8) is 0 Å². The fourth-order valence-electron chi connectivity index (χ4n) is 0. The molecule has 0 aliphatic carbocycles. The van der Waals surface area contributed by atoms with Gasteiger partial charge in [0, 0.05) is 17.1 Å². The first kappa shape index (κ1) is 15.8. The first-order valence-corrected chi connectivity index (χ1v) is 1.11. The molecule has 0 saturated carbocycles. The number of rotatable bonds is 0. The zero-order valence-electron chi connectivity index (χ0n) is 3.06. The van der Waals surface area contributed by atoms with Crippen LogP contribution < -0.4 is 0 Å². The standard InChI is InChI=1S/C2H2O4.Fe.Na.H/c3-1(4)2(5)6;;;/h(H,3,4)(H,5,6);;;. The Morgan fingerprint density at radius 2 is 1.12 bits per heavy atom. The van der Waals surface area contributed by atoms with Crippen molar-refractivity contribution in [2.45, 2.75) is 0 Å². The minimum atomic E-state index is -1.82. The topological polar surface area (TPSA) is 74.6 Å². The van der Waals surface area contributed by atoms with E-state index in [4.69, 9.17) is 19.8 Å². The SMILES string of the molecule is O=C(O)C(=O)O.[Fe].[NaH]. The summed E-state index contributed by atoms with van der Waals surface area (Å²) in [5.41, 5.74) is 0. The molecule has 4 nitrogen and oxygen atoms in total. The van der Waals surface area contributed by atoms with Gasteiger partial charge in [0.2, 0.25) is 0 Å². The Morgan fingerprint density at radius 1 is 1.00 bits per heavy atom. The molecule has 44 valence electrons. The molecule has 0 bridgehead atoms. The molecule has 0 radical (unpaired) electrons. The molecule has 0 unspecified atom stereocenters. The van der Waals surface area contributed by atoms with Crippen LogP contribution in [0.5, 0.6) is 0 Å². The number of carbonyl (C=O) groups is 2. The van der Waals surface area contributed by atoms with Gasteiger partial charge in [-0.1, -0.05) is 0 Å². The number of carboxylic acid groups (broad SMARTS) is 2. The van der Waals surface area contributed by atoms with Crippen LogP contribution in [0.4, 0.5) is 0 Å². The van der Waals surface area contributed by atoms with Crippen LogP contribution in [0.3, 0.4) is 0 Å². The maximum atomic E-state index is 9.10. The van der Waals surface area contributed by atoms with Crippen LogP contribution in [0.15, 0.2) is 0 Å². The van der Waals surface area contributed by atoms with E-state index < -0.39 is 11.9 Å². The van der Waals surface area contributed by atoms with Crippen molar-refractivity contribution < 1.29 is 36.9 Å². The van der Waals surface area contributed by atoms with Crippen LogP contribution >= 0.6 is 0 Å². The van der Waals surface area contributed by atoms with Gasteiger partial charge in [-0.05, 0) is 0 Å². The van der Waals surface area contributed by atoms with E-state index in [1.165, 1.54) is 0 Å². The van der Waals surface area contributed by atoms with E-state index in [0.29, 0.717) is 0 Å². The normalized spacial score (nSPS) is 5.50. The summed E-state index contributed by atoms with van der Waals surface area (Å²) in [5, 5.41) is 14.8. The Morgan fingerprint density at radius 3 is 1.12 bits per heavy atom. The number of aliphatic carboxylic acids is 2. The van der Waals surface area contributed by atoms with Gasteiger partial charge in [-0.3, -0.25) is 0 Å². The van der Waals surface area contributed by atoms with Crippen molar-refractivity contribution in [2.75, 3.05) is 0 Å². The van der Waals surface area contributed by atoms with Gasteiger partial charge in [0.15, 0.2) is 0 Å². The van der Waals surface area contributed by atoms with Crippen molar-refractivity contribution in [2.24, 2.45) is 0 Å². The quantitative estimate of drug-likeness (QED) is 0.342. The number of hydrogen-bond acceptors (Lipinski definition) is 2. The minimum absolute atomic E-state index is 0. The second kappa shape index (κ2) is 7.46. The molecule has 2 N–H and O–H groups in total. The van der Waals surface area contributed by atoms with Crippen LogP contribution in [0.25, 0.3) is 0 Å². The summed E-state index contributed by atoms with van der Waals surface area (Å²) < 4.78 is 0. The molecular weight excluding hydrogens is 167 g/mol. The molecule has 0 aromatic rings. The molecule has 0 saturated heterocycles. The van der Waals surface area contributed by atoms with Crippen molar-refractivity contribution >= 4 is 41.5 Å². The Bertz CT molecular complexity index is 80.0. The van der Waals surface area contributed by atoms with Crippen molar-refractivity contribution in [1.29, 1.82) is 0 Å². The van der Waals surface area contributed by atoms with E-state index in [0.717, 1.165) is 0 Å². The average Bonchev–Trinajstić information content (AvgIpc) is 1.36. The summed E-state index contributed by atoms with van der Waals surface area (Å²) in [6, 6.07) is 0. The Balaban J connectivity index is -0.000000125. The van der Waals surface area contributed by atoms with Gasteiger partial charge in [0.1, 0.15) is 0 Å². The molecule has 0 heterocycles. The van der Waals surface area contributed by atoms with Gasteiger partial charge in [-0.15, -0.1) is 0 Å². The van der Waals surface area contributed by atoms with Gasteiger partial charge < -0.3 is 10.2 Å². The van der Waals surface area contributed by atoms with E-state index >= 15 is 0 Å². The van der Waals surface area contributed by atoms with E-state index in [-0.39, 0.29) is 46.6 Å². The second-order valence-corrected chi connectivity index (χ2v) is 0.610. The van der Waals surface area contributed by atoms with Crippen LogP contribution in [0.2, 0.25) is 0 Å². The molecule has 0 aromatic heterocycles. The third-order valence-corrected chi connectivity index (χ3v) is 0.183. The number of carboxylic acids is 2. The summed E-state index contributed by atoms with van der Waals surface area (Å²) in [7, 11) is 0. The zero-order chi connectivity index (χ0) is 5.15.